The van der Waals surface area contributed by atoms with Crippen LogP contribution in [0.1, 0.15) is 11.1 Å². The van der Waals surface area contributed by atoms with Crippen molar-refractivity contribution in [2.45, 2.75) is 19.1 Å². The van der Waals surface area contributed by atoms with Gasteiger partial charge in [0.25, 0.3) is 0 Å². The Morgan fingerprint density at radius 1 is 1.20 bits per heavy atom. The molecule has 80 valence electrons. The summed E-state index contributed by atoms with van der Waals surface area (Å²) in [5, 5.41) is -0.220. The Kier molecular flexibility index (Phi) is 2.08. The van der Waals surface area contributed by atoms with Crippen LogP contribution in [0.5, 0.6) is 0 Å². The second kappa shape index (κ2) is 3.06. The maximum atomic E-state index is 11.2. The predicted molar refractivity (Wildman–Crippen MR) is 56.6 cm³/mol. The minimum atomic E-state index is -3.37. The Morgan fingerprint density at radius 2 is 1.80 bits per heavy atom. The van der Waals surface area contributed by atoms with Crippen LogP contribution in [0.3, 0.4) is 0 Å². The molecule has 2 aromatic rings. The average molecular weight is 225 g/mol. The lowest BCUT2D eigenvalue weighted by molar-refractivity contribution is 0.460. The van der Waals surface area contributed by atoms with Crippen LogP contribution in [0.2, 0.25) is 0 Å². The summed E-state index contributed by atoms with van der Waals surface area (Å²) in [4.78, 5) is 3.93. The second-order valence-corrected chi connectivity index (χ2v) is 5.55. The van der Waals surface area contributed by atoms with Crippen molar-refractivity contribution >= 4 is 20.9 Å². The average Bonchev–Trinajstić information content (AvgIpc) is 2.47. The SMILES string of the molecule is Cc1cc2nc(S(C)(=O)=O)oc2cc1C. The third-order valence-corrected chi connectivity index (χ3v) is 3.11. The maximum Gasteiger partial charge on any atom is 0.315 e. The predicted octanol–water partition coefficient (Wildman–Crippen LogP) is 1.85. The van der Waals surface area contributed by atoms with Crippen molar-refractivity contribution < 1.29 is 12.8 Å². The number of aromatic nitrogens is 1. The maximum absolute atomic E-state index is 11.2. The molecule has 0 spiro atoms. The van der Waals surface area contributed by atoms with Crippen molar-refractivity contribution in [3.8, 4) is 0 Å². The molecular weight excluding hydrogens is 214 g/mol. The van der Waals surface area contributed by atoms with Crippen molar-refractivity contribution in [1.29, 1.82) is 0 Å². The van der Waals surface area contributed by atoms with Gasteiger partial charge in [-0.2, -0.15) is 4.98 Å². The van der Waals surface area contributed by atoms with E-state index in [4.69, 9.17) is 4.42 Å². The molecule has 2 rings (SSSR count). The van der Waals surface area contributed by atoms with Crippen LogP contribution in [-0.2, 0) is 9.84 Å². The summed E-state index contributed by atoms with van der Waals surface area (Å²) in [5.41, 5.74) is 3.21. The van der Waals surface area contributed by atoms with Crippen LogP contribution < -0.4 is 0 Å². The third kappa shape index (κ3) is 1.74. The van der Waals surface area contributed by atoms with E-state index >= 15 is 0 Å². The van der Waals surface area contributed by atoms with Crippen molar-refractivity contribution in [3.63, 3.8) is 0 Å². The smallest absolute Gasteiger partial charge is 0.315 e. The van der Waals surface area contributed by atoms with Gasteiger partial charge in [0, 0.05) is 6.26 Å². The first-order chi connectivity index (χ1) is 6.88. The Labute approximate surface area is 87.8 Å². The van der Waals surface area contributed by atoms with E-state index in [-0.39, 0.29) is 5.22 Å². The van der Waals surface area contributed by atoms with Gasteiger partial charge in [0.2, 0.25) is 9.84 Å². The molecule has 1 aromatic heterocycles. The summed E-state index contributed by atoms with van der Waals surface area (Å²) < 4.78 is 27.6. The van der Waals surface area contributed by atoms with Gasteiger partial charge in [-0.15, -0.1) is 0 Å². The number of sulfone groups is 1. The molecule has 1 aromatic carbocycles. The molecule has 0 amide bonds. The summed E-state index contributed by atoms with van der Waals surface area (Å²) in [5.74, 6) is 0. The summed E-state index contributed by atoms with van der Waals surface area (Å²) >= 11 is 0. The van der Waals surface area contributed by atoms with Gasteiger partial charge in [-0.3, -0.25) is 0 Å². The lowest BCUT2D eigenvalue weighted by Crippen LogP contribution is -1.96. The minimum absolute atomic E-state index is 0.220. The van der Waals surface area contributed by atoms with Gasteiger partial charge >= 0.3 is 5.22 Å². The number of hydrogen-bond acceptors (Lipinski definition) is 4. The van der Waals surface area contributed by atoms with Gasteiger partial charge in [-0.1, -0.05) is 0 Å². The van der Waals surface area contributed by atoms with E-state index in [2.05, 4.69) is 4.98 Å². The number of rotatable bonds is 1. The molecule has 0 aliphatic carbocycles. The van der Waals surface area contributed by atoms with E-state index in [1.54, 1.807) is 6.07 Å². The molecule has 0 saturated heterocycles. The summed E-state index contributed by atoms with van der Waals surface area (Å²) in [6, 6.07) is 3.62. The molecule has 0 bridgehead atoms. The Hall–Kier alpha value is -1.36. The van der Waals surface area contributed by atoms with Crippen LogP contribution in [0.4, 0.5) is 0 Å². The van der Waals surface area contributed by atoms with E-state index in [1.165, 1.54) is 0 Å². The van der Waals surface area contributed by atoms with Crippen LogP contribution in [0.15, 0.2) is 21.8 Å². The highest BCUT2D eigenvalue weighted by Crippen LogP contribution is 2.22. The first kappa shape index (κ1) is 10.2. The lowest BCUT2D eigenvalue weighted by Gasteiger charge is -1.96. The minimum Gasteiger partial charge on any atom is -0.428 e. The van der Waals surface area contributed by atoms with Crippen molar-refractivity contribution in [2.75, 3.05) is 6.26 Å². The fraction of sp³-hybridized carbons (Fsp3) is 0.300. The van der Waals surface area contributed by atoms with Gasteiger partial charge in [0.05, 0.1) is 0 Å². The molecule has 4 nitrogen and oxygen atoms in total. The van der Waals surface area contributed by atoms with Crippen molar-refractivity contribution in [2.24, 2.45) is 0 Å². The highest BCUT2D eigenvalue weighted by atomic mass is 32.2. The molecule has 5 heteroatoms. The van der Waals surface area contributed by atoms with E-state index in [1.807, 2.05) is 19.9 Å². The zero-order chi connectivity index (χ0) is 11.2. The number of hydrogen-bond donors (Lipinski definition) is 0. The highest BCUT2D eigenvalue weighted by Gasteiger charge is 2.16. The van der Waals surface area contributed by atoms with E-state index in [0.29, 0.717) is 11.1 Å². The molecular formula is C10H11NO3S. The molecule has 0 saturated carbocycles. The third-order valence-electron chi connectivity index (χ3n) is 2.30. The molecule has 0 aliphatic rings. The van der Waals surface area contributed by atoms with Gasteiger partial charge in [0.1, 0.15) is 5.52 Å². The molecule has 1 heterocycles. The molecule has 0 N–H and O–H groups in total. The van der Waals surface area contributed by atoms with E-state index in [0.717, 1.165) is 17.4 Å². The quantitative estimate of drug-likeness (QED) is 0.743. The fourth-order valence-electron chi connectivity index (χ4n) is 1.32. The second-order valence-electron chi connectivity index (χ2n) is 3.66. The van der Waals surface area contributed by atoms with Crippen molar-refractivity contribution in [3.05, 3.63) is 23.3 Å². The molecule has 0 unspecified atom stereocenters. The standard InChI is InChI=1S/C10H11NO3S/c1-6-4-8-9(5-7(6)2)14-10(11-8)15(3,12)13/h4-5H,1-3H3. The molecule has 0 aliphatic heterocycles. The summed E-state index contributed by atoms with van der Waals surface area (Å²) in [6.07, 6.45) is 1.08. The van der Waals surface area contributed by atoms with Crippen LogP contribution >= 0.6 is 0 Å². The Balaban J connectivity index is 2.77. The van der Waals surface area contributed by atoms with E-state index in [9.17, 15) is 8.42 Å². The van der Waals surface area contributed by atoms with Gasteiger partial charge in [0.15, 0.2) is 5.58 Å². The molecule has 0 atom stereocenters. The van der Waals surface area contributed by atoms with Crippen LogP contribution in [0, 0.1) is 13.8 Å². The number of benzene rings is 1. The van der Waals surface area contributed by atoms with Gasteiger partial charge in [-0.05, 0) is 37.1 Å². The van der Waals surface area contributed by atoms with Crippen LogP contribution in [-0.4, -0.2) is 19.7 Å². The number of aryl methyl sites for hydroxylation is 2. The fourth-order valence-corrected chi connectivity index (χ4v) is 1.82. The normalized spacial score (nSPS) is 12.2. The lowest BCUT2D eigenvalue weighted by atomic mass is 10.1. The number of fused-ring (bicyclic) bond motifs is 1. The zero-order valence-corrected chi connectivity index (χ0v) is 9.55. The Bertz CT molecular complexity index is 586. The largest absolute Gasteiger partial charge is 0.428 e. The highest BCUT2D eigenvalue weighted by molar-refractivity contribution is 7.90. The van der Waals surface area contributed by atoms with Crippen molar-refractivity contribution in [1.82, 2.24) is 4.98 Å². The number of nitrogens with zero attached hydrogens (tertiary/aromatic N) is 1. The van der Waals surface area contributed by atoms with E-state index < -0.39 is 9.84 Å². The molecule has 0 radical (unpaired) electrons. The van der Waals surface area contributed by atoms with Crippen LogP contribution in [0.25, 0.3) is 11.1 Å². The van der Waals surface area contributed by atoms with Gasteiger partial charge in [-0.25, -0.2) is 8.42 Å². The number of oxazole rings is 1. The molecule has 15 heavy (non-hydrogen) atoms. The Morgan fingerprint density at radius 3 is 2.40 bits per heavy atom. The van der Waals surface area contributed by atoms with Gasteiger partial charge < -0.3 is 4.42 Å². The summed E-state index contributed by atoms with van der Waals surface area (Å²) in [7, 11) is -3.37. The molecule has 0 fully saturated rings. The monoisotopic (exact) mass is 225 g/mol. The topological polar surface area (TPSA) is 60.2 Å². The first-order valence-corrected chi connectivity index (χ1v) is 6.35. The summed E-state index contributed by atoms with van der Waals surface area (Å²) in [6.45, 7) is 3.89. The zero-order valence-electron chi connectivity index (χ0n) is 8.73. The first-order valence-electron chi connectivity index (χ1n) is 4.46.